The van der Waals surface area contributed by atoms with Gasteiger partial charge in [-0.1, -0.05) is 13.8 Å². The van der Waals surface area contributed by atoms with Gasteiger partial charge in [0.2, 0.25) is 10.0 Å². The third kappa shape index (κ3) is 4.29. The minimum Gasteiger partial charge on any atom is -0.212 e. The van der Waals surface area contributed by atoms with Gasteiger partial charge < -0.3 is 0 Å². The molecule has 0 rings (SSSR count). The van der Waals surface area contributed by atoms with E-state index in [0.717, 1.165) is 6.42 Å². The van der Waals surface area contributed by atoms with Crippen LogP contribution in [0.25, 0.3) is 0 Å². The Balaban J connectivity index is 4.74. The first kappa shape index (κ1) is 15.2. The summed E-state index contributed by atoms with van der Waals surface area (Å²) in [7, 11) is -1.55. The van der Waals surface area contributed by atoms with E-state index in [1.807, 2.05) is 27.7 Å². The number of rotatable bonds is 6. The molecular weight excluding hydrogens is 234 g/mol. The topological polar surface area (TPSA) is 37.4 Å². The Morgan fingerprint density at radius 2 is 1.87 bits per heavy atom. The van der Waals surface area contributed by atoms with Gasteiger partial charge in [-0.2, -0.15) is 4.31 Å². The lowest BCUT2D eigenvalue weighted by Crippen LogP contribution is -2.46. The summed E-state index contributed by atoms with van der Waals surface area (Å²) in [6, 6.07) is 0. The van der Waals surface area contributed by atoms with Crippen LogP contribution in [0.2, 0.25) is 0 Å². The molecule has 0 amide bonds. The Labute approximate surface area is 98.8 Å². The van der Waals surface area contributed by atoms with Crippen molar-refractivity contribution < 1.29 is 8.42 Å². The van der Waals surface area contributed by atoms with Crippen LogP contribution in [0, 0.1) is 5.92 Å². The van der Waals surface area contributed by atoms with Crippen LogP contribution in [0.5, 0.6) is 0 Å². The van der Waals surface area contributed by atoms with E-state index in [0.29, 0.717) is 5.88 Å². The third-order valence-corrected chi connectivity index (χ3v) is 5.74. The van der Waals surface area contributed by atoms with Crippen molar-refractivity contribution in [1.82, 2.24) is 4.31 Å². The maximum absolute atomic E-state index is 12.0. The maximum atomic E-state index is 12.0. The fraction of sp³-hybridized carbons (Fsp3) is 1.00. The molecule has 0 radical (unpaired) electrons. The summed E-state index contributed by atoms with van der Waals surface area (Å²) in [6.45, 7) is 7.68. The van der Waals surface area contributed by atoms with Crippen molar-refractivity contribution in [1.29, 1.82) is 0 Å². The average Bonchev–Trinajstić information content (AvgIpc) is 2.15. The summed E-state index contributed by atoms with van der Waals surface area (Å²) in [6.07, 6.45) is 0.790. The van der Waals surface area contributed by atoms with E-state index in [2.05, 4.69) is 0 Å². The quantitative estimate of drug-likeness (QED) is 0.683. The van der Waals surface area contributed by atoms with Crippen LogP contribution in [-0.4, -0.2) is 36.9 Å². The lowest BCUT2D eigenvalue weighted by Gasteiger charge is -2.34. The zero-order chi connectivity index (χ0) is 12.3. The van der Waals surface area contributed by atoms with Crippen LogP contribution >= 0.6 is 11.6 Å². The molecule has 1 atom stereocenters. The molecule has 0 aromatic rings. The Morgan fingerprint density at radius 3 is 2.20 bits per heavy atom. The Kier molecular flexibility index (Phi) is 5.58. The summed E-state index contributed by atoms with van der Waals surface area (Å²) >= 11 is 5.63. The van der Waals surface area contributed by atoms with E-state index in [4.69, 9.17) is 11.6 Å². The number of hydrogen-bond acceptors (Lipinski definition) is 2. The third-order valence-electron chi connectivity index (χ3n) is 2.89. The van der Waals surface area contributed by atoms with Gasteiger partial charge in [-0.15, -0.1) is 11.6 Å². The van der Waals surface area contributed by atoms with Crippen molar-refractivity contribution >= 4 is 21.6 Å². The predicted molar refractivity (Wildman–Crippen MR) is 65.8 cm³/mol. The molecule has 0 heterocycles. The smallest absolute Gasteiger partial charge is 0.212 e. The summed E-state index contributed by atoms with van der Waals surface area (Å²) in [4.78, 5) is 0. The van der Waals surface area contributed by atoms with Gasteiger partial charge in [-0.25, -0.2) is 8.42 Å². The normalized spacial score (nSPS) is 15.7. The highest BCUT2D eigenvalue weighted by atomic mass is 35.5. The molecule has 0 fully saturated rings. The lowest BCUT2D eigenvalue weighted by atomic mass is 10.0. The Morgan fingerprint density at radius 1 is 1.40 bits per heavy atom. The van der Waals surface area contributed by atoms with Crippen LogP contribution < -0.4 is 0 Å². The molecule has 0 bridgehead atoms. The first-order valence-corrected chi connectivity index (χ1v) is 7.34. The standard InChI is InChI=1S/C10H22ClNO2S/c1-6-10(3,4)12(5)15(13,14)8-9(2)7-11/h9H,6-8H2,1-5H3. The van der Waals surface area contributed by atoms with Gasteiger partial charge in [-0.3, -0.25) is 0 Å². The molecule has 0 spiro atoms. The van der Waals surface area contributed by atoms with Gasteiger partial charge in [0.1, 0.15) is 0 Å². The second-order valence-electron chi connectivity index (χ2n) is 4.67. The molecule has 15 heavy (non-hydrogen) atoms. The first-order chi connectivity index (χ1) is 6.67. The Bertz CT molecular complexity index is 288. The van der Waals surface area contributed by atoms with Gasteiger partial charge in [-0.05, 0) is 26.2 Å². The number of nitrogens with zero attached hydrogens (tertiary/aromatic N) is 1. The molecule has 0 aliphatic rings. The zero-order valence-corrected chi connectivity index (χ0v) is 11.8. The van der Waals surface area contributed by atoms with E-state index in [-0.39, 0.29) is 17.2 Å². The average molecular weight is 256 g/mol. The largest absolute Gasteiger partial charge is 0.214 e. The van der Waals surface area contributed by atoms with E-state index in [9.17, 15) is 8.42 Å². The molecule has 0 N–H and O–H groups in total. The number of hydrogen-bond donors (Lipinski definition) is 0. The first-order valence-electron chi connectivity index (χ1n) is 5.20. The zero-order valence-electron chi connectivity index (χ0n) is 10.2. The maximum Gasteiger partial charge on any atom is 0.214 e. The molecule has 5 heteroatoms. The predicted octanol–water partition coefficient (Wildman–Crippen LogP) is 2.31. The molecule has 0 aromatic heterocycles. The SMILES string of the molecule is CCC(C)(C)N(C)S(=O)(=O)CC(C)CCl. The second-order valence-corrected chi connectivity index (χ2v) is 7.03. The molecule has 0 saturated heterocycles. The van der Waals surface area contributed by atoms with Gasteiger partial charge in [0.15, 0.2) is 0 Å². The van der Waals surface area contributed by atoms with Crippen LogP contribution in [-0.2, 0) is 10.0 Å². The van der Waals surface area contributed by atoms with E-state index in [1.54, 1.807) is 7.05 Å². The molecule has 0 saturated carbocycles. The lowest BCUT2D eigenvalue weighted by molar-refractivity contribution is 0.256. The molecule has 92 valence electrons. The van der Waals surface area contributed by atoms with E-state index in [1.165, 1.54) is 4.31 Å². The molecule has 0 aliphatic carbocycles. The minimum atomic E-state index is -3.19. The highest BCUT2D eigenvalue weighted by molar-refractivity contribution is 7.89. The fourth-order valence-corrected chi connectivity index (χ4v) is 3.30. The van der Waals surface area contributed by atoms with Crippen LogP contribution in [0.4, 0.5) is 0 Å². The number of alkyl halides is 1. The molecule has 1 unspecified atom stereocenters. The highest BCUT2D eigenvalue weighted by Gasteiger charge is 2.31. The summed E-state index contributed by atoms with van der Waals surface area (Å²) in [5.41, 5.74) is -0.329. The molecule has 0 aliphatic heterocycles. The van der Waals surface area contributed by atoms with Crippen molar-refractivity contribution in [3.05, 3.63) is 0 Å². The van der Waals surface area contributed by atoms with Crippen LogP contribution in [0.15, 0.2) is 0 Å². The van der Waals surface area contributed by atoms with Crippen molar-refractivity contribution in [2.24, 2.45) is 5.92 Å². The van der Waals surface area contributed by atoms with Gasteiger partial charge in [0.25, 0.3) is 0 Å². The van der Waals surface area contributed by atoms with Crippen LogP contribution in [0.1, 0.15) is 34.1 Å². The van der Waals surface area contributed by atoms with Crippen LogP contribution in [0.3, 0.4) is 0 Å². The number of sulfonamides is 1. The van der Waals surface area contributed by atoms with Gasteiger partial charge >= 0.3 is 0 Å². The van der Waals surface area contributed by atoms with Crippen molar-refractivity contribution in [3.63, 3.8) is 0 Å². The number of halogens is 1. The van der Waals surface area contributed by atoms with Gasteiger partial charge in [0.05, 0.1) is 5.75 Å². The van der Waals surface area contributed by atoms with E-state index >= 15 is 0 Å². The molecule has 0 aromatic carbocycles. The monoisotopic (exact) mass is 255 g/mol. The molecular formula is C10H22ClNO2S. The van der Waals surface area contributed by atoms with Crippen molar-refractivity contribution in [2.45, 2.75) is 39.7 Å². The highest BCUT2D eigenvalue weighted by Crippen LogP contribution is 2.21. The van der Waals surface area contributed by atoms with Crippen molar-refractivity contribution in [3.8, 4) is 0 Å². The van der Waals surface area contributed by atoms with E-state index < -0.39 is 10.0 Å². The fourth-order valence-electron chi connectivity index (χ4n) is 1.12. The summed E-state index contributed by atoms with van der Waals surface area (Å²) in [5.74, 6) is 0.488. The second kappa shape index (κ2) is 5.51. The molecule has 3 nitrogen and oxygen atoms in total. The Hall–Kier alpha value is 0.200. The summed E-state index contributed by atoms with van der Waals surface area (Å²) in [5, 5.41) is 0. The summed E-state index contributed by atoms with van der Waals surface area (Å²) < 4.78 is 25.4. The minimum absolute atomic E-state index is 0.00762. The van der Waals surface area contributed by atoms with Crippen molar-refractivity contribution in [2.75, 3.05) is 18.7 Å². The van der Waals surface area contributed by atoms with Gasteiger partial charge in [0, 0.05) is 18.5 Å².